The lowest BCUT2D eigenvalue weighted by atomic mass is 10.1. The molecule has 26 heavy (non-hydrogen) atoms. The van der Waals surface area contributed by atoms with Crippen LogP contribution < -0.4 is 14.8 Å². The number of amides is 1. The minimum Gasteiger partial charge on any atom is -0.490 e. The van der Waals surface area contributed by atoms with Crippen molar-refractivity contribution in [3.63, 3.8) is 0 Å². The van der Waals surface area contributed by atoms with Gasteiger partial charge in [-0.2, -0.15) is 0 Å². The quantitative estimate of drug-likeness (QED) is 0.571. The number of rotatable bonds is 8. The van der Waals surface area contributed by atoms with Crippen LogP contribution in [-0.4, -0.2) is 24.0 Å². The Morgan fingerprint density at radius 1 is 1.12 bits per heavy atom. The van der Waals surface area contributed by atoms with E-state index in [1.165, 1.54) is 18.2 Å². The number of carbonyl (C=O) groups is 1. The zero-order valence-corrected chi connectivity index (χ0v) is 15.0. The van der Waals surface area contributed by atoms with Crippen molar-refractivity contribution in [2.45, 2.75) is 26.8 Å². The third kappa shape index (κ3) is 4.72. The van der Waals surface area contributed by atoms with E-state index in [9.17, 15) is 14.9 Å². The van der Waals surface area contributed by atoms with Crippen LogP contribution in [0.2, 0.25) is 0 Å². The van der Waals surface area contributed by atoms with Crippen molar-refractivity contribution in [1.29, 1.82) is 0 Å². The van der Waals surface area contributed by atoms with E-state index in [4.69, 9.17) is 9.47 Å². The maximum absolute atomic E-state index is 12.4. The first kappa shape index (κ1) is 19.2. The van der Waals surface area contributed by atoms with Crippen LogP contribution in [0.25, 0.3) is 0 Å². The third-order valence-electron chi connectivity index (χ3n) is 3.73. The maximum atomic E-state index is 12.4. The first-order valence-corrected chi connectivity index (χ1v) is 8.41. The minimum atomic E-state index is -0.527. The number of ether oxygens (including phenoxy) is 2. The first-order valence-electron chi connectivity index (χ1n) is 8.41. The molecule has 0 bridgehead atoms. The smallest absolute Gasteiger partial charge is 0.270 e. The molecule has 0 saturated carbocycles. The zero-order valence-electron chi connectivity index (χ0n) is 15.0. The molecule has 0 aliphatic rings. The topological polar surface area (TPSA) is 90.7 Å². The van der Waals surface area contributed by atoms with Gasteiger partial charge in [-0.25, -0.2) is 0 Å². The van der Waals surface area contributed by atoms with E-state index in [0.29, 0.717) is 24.7 Å². The number of carbonyl (C=O) groups excluding carboxylic acids is 1. The molecule has 1 N–H and O–H groups in total. The van der Waals surface area contributed by atoms with Crippen LogP contribution in [0.3, 0.4) is 0 Å². The number of hydrogen-bond acceptors (Lipinski definition) is 5. The number of non-ortho nitro benzene ring substituents is 1. The highest BCUT2D eigenvalue weighted by atomic mass is 16.6. The molecule has 7 heteroatoms. The minimum absolute atomic E-state index is 0.120. The summed E-state index contributed by atoms with van der Waals surface area (Å²) in [5.41, 5.74) is 0.961. The number of hydrogen-bond donors (Lipinski definition) is 1. The van der Waals surface area contributed by atoms with Crippen molar-refractivity contribution in [2.24, 2.45) is 0 Å². The van der Waals surface area contributed by atoms with E-state index in [1.807, 2.05) is 32.9 Å². The van der Waals surface area contributed by atoms with Crippen LogP contribution in [0.1, 0.15) is 42.7 Å². The average Bonchev–Trinajstić information content (AvgIpc) is 2.63. The molecule has 0 spiro atoms. The van der Waals surface area contributed by atoms with Gasteiger partial charge in [0.15, 0.2) is 11.5 Å². The third-order valence-corrected chi connectivity index (χ3v) is 3.73. The van der Waals surface area contributed by atoms with E-state index in [0.717, 1.165) is 5.56 Å². The monoisotopic (exact) mass is 358 g/mol. The number of nitrogens with one attached hydrogen (secondary N) is 1. The lowest BCUT2D eigenvalue weighted by molar-refractivity contribution is -0.384. The molecular formula is C19H22N2O5. The molecule has 1 atom stereocenters. The van der Waals surface area contributed by atoms with E-state index in [-0.39, 0.29) is 23.2 Å². The summed E-state index contributed by atoms with van der Waals surface area (Å²) in [5, 5.41) is 13.7. The van der Waals surface area contributed by atoms with Crippen molar-refractivity contribution < 1.29 is 19.2 Å². The van der Waals surface area contributed by atoms with Gasteiger partial charge in [0.1, 0.15) is 0 Å². The number of benzene rings is 2. The summed E-state index contributed by atoms with van der Waals surface area (Å²) >= 11 is 0. The SMILES string of the molecule is CCOc1ccc(C(C)NC(=O)c2cccc([N+](=O)[O-])c2)cc1OCC. The normalized spacial score (nSPS) is 11.5. The van der Waals surface area contributed by atoms with E-state index in [1.54, 1.807) is 12.1 Å². The van der Waals surface area contributed by atoms with Crippen molar-refractivity contribution in [3.05, 3.63) is 63.7 Å². The highest BCUT2D eigenvalue weighted by Gasteiger charge is 2.16. The van der Waals surface area contributed by atoms with Crippen LogP contribution in [0.5, 0.6) is 11.5 Å². The summed E-state index contributed by atoms with van der Waals surface area (Å²) in [7, 11) is 0. The summed E-state index contributed by atoms with van der Waals surface area (Å²) in [5.74, 6) is 0.881. The summed E-state index contributed by atoms with van der Waals surface area (Å²) in [6, 6.07) is 10.8. The maximum Gasteiger partial charge on any atom is 0.270 e. The Morgan fingerprint density at radius 3 is 2.46 bits per heavy atom. The van der Waals surface area contributed by atoms with Crippen LogP contribution in [-0.2, 0) is 0 Å². The van der Waals surface area contributed by atoms with Crippen molar-refractivity contribution in [1.82, 2.24) is 5.32 Å². The lowest BCUT2D eigenvalue weighted by Gasteiger charge is -2.17. The van der Waals surface area contributed by atoms with Crippen LogP contribution in [0, 0.1) is 10.1 Å². The second kappa shape index (κ2) is 8.84. The standard InChI is InChI=1S/C19H22N2O5/c1-4-25-17-10-9-14(12-18(17)26-5-2)13(3)20-19(22)15-7-6-8-16(11-15)21(23)24/h6-13H,4-5H2,1-3H3,(H,20,22). The van der Waals surface area contributed by atoms with E-state index in [2.05, 4.69) is 5.32 Å². The predicted octanol–water partition coefficient (Wildman–Crippen LogP) is 3.88. The van der Waals surface area contributed by atoms with Gasteiger partial charge in [-0.1, -0.05) is 12.1 Å². The van der Waals surface area contributed by atoms with Crippen molar-refractivity contribution >= 4 is 11.6 Å². The van der Waals surface area contributed by atoms with E-state index < -0.39 is 4.92 Å². The molecule has 7 nitrogen and oxygen atoms in total. The zero-order chi connectivity index (χ0) is 19.1. The molecule has 2 aromatic carbocycles. The molecule has 1 amide bonds. The van der Waals surface area contributed by atoms with Gasteiger partial charge in [-0.15, -0.1) is 0 Å². The highest BCUT2D eigenvalue weighted by molar-refractivity contribution is 5.95. The number of nitro benzene ring substituents is 1. The number of nitrogens with zero attached hydrogens (tertiary/aromatic N) is 1. The summed E-state index contributed by atoms with van der Waals surface area (Å²) < 4.78 is 11.1. The fourth-order valence-electron chi connectivity index (χ4n) is 2.46. The molecule has 0 radical (unpaired) electrons. The summed E-state index contributed by atoms with van der Waals surface area (Å²) in [6.07, 6.45) is 0. The molecule has 138 valence electrons. The van der Waals surface area contributed by atoms with Gasteiger partial charge >= 0.3 is 0 Å². The van der Waals surface area contributed by atoms with Crippen LogP contribution in [0.15, 0.2) is 42.5 Å². The van der Waals surface area contributed by atoms with Crippen LogP contribution >= 0.6 is 0 Å². The molecular weight excluding hydrogens is 336 g/mol. The van der Waals surface area contributed by atoms with Crippen molar-refractivity contribution in [2.75, 3.05) is 13.2 Å². The van der Waals surface area contributed by atoms with Crippen LogP contribution in [0.4, 0.5) is 5.69 Å². The molecule has 0 aliphatic carbocycles. The van der Waals surface area contributed by atoms with Gasteiger partial charge in [0.2, 0.25) is 0 Å². The Bertz CT molecular complexity index is 791. The Kier molecular flexibility index (Phi) is 6.54. The Hall–Kier alpha value is -3.09. The summed E-state index contributed by atoms with van der Waals surface area (Å²) in [4.78, 5) is 22.7. The molecule has 2 aromatic rings. The fourth-order valence-corrected chi connectivity index (χ4v) is 2.46. The Labute approximate surface area is 152 Å². The number of nitro groups is 1. The molecule has 0 aliphatic heterocycles. The second-order valence-corrected chi connectivity index (χ2v) is 5.57. The second-order valence-electron chi connectivity index (χ2n) is 5.57. The predicted molar refractivity (Wildman–Crippen MR) is 97.8 cm³/mol. The molecule has 2 rings (SSSR count). The van der Waals surface area contributed by atoms with E-state index >= 15 is 0 Å². The highest BCUT2D eigenvalue weighted by Crippen LogP contribution is 2.30. The first-order chi connectivity index (χ1) is 12.5. The van der Waals surface area contributed by atoms with Gasteiger partial charge in [0.25, 0.3) is 11.6 Å². The van der Waals surface area contributed by atoms with Gasteiger partial charge in [0.05, 0.1) is 24.2 Å². The molecule has 0 aromatic heterocycles. The Morgan fingerprint density at radius 2 is 1.81 bits per heavy atom. The van der Waals surface area contributed by atoms with Gasteiger partial charge in [-0.3, -0.25) is 14.9 Å². The van der Waals surface area contributed by atoms with Crippen molar-refractivity contribution in [3.8, 4) is 11.5 Å². The largest absolute Gasteiger partial charge is 0.490 e. The van der Waals surface area contributed by atoms with Gasteiger partial charge in [0, 0.05) is 17.7 Å². The Balaban J connectivity index is 2.17. The average molecular weight is 358 g/mol. The summed E-state index contributed by atoms with van der Waals surface area (Å²) in [6.45, 7) is 6.64. The van der Waals surface area contributed by atoms with Gasteiger partial charge in [-0.05, 0) is 44.5 Å². The fraction of sp³-hybridized carbons (Fsp3) is 0.316. The van der Waals surface area contributed by atoms with Gasteiger partial charge < -0.3 is 14.8 Å². The molecule has 1 unspecified atom stereocenters. The molecule has 0 heterocycles. The molecule has 0 saturated heterocycles. The molecule has 0 fully saturated rings. The lowest BCUT2D eigenvalue weighted by Crippen LogP contribution is -2.26.